The molecule has 0 aromatic heterocycles. The van der Waals surface area contributed by atoms with Crippen LogP contribution in [0.25, 0.3) is 0 Å². The minimum Gasteiger partial charge on any atom is -0.497 e. The molecule has 0 spiro atoms. The SMILES string of the molecule is COc1ccc(CCNCc2cccc(OCc3ccc(F)cc3)c2)cc1. The second kappa shape index (κ2) is 9.74. The molecule has 0 amide bonds. The Morgan fingerprint density at radius 2 is 1.56 bits per heavy atom. The van der Waals surface area contributed by atoms with Gasteiger partial charge in [-0.3, -0.25) is 0 Å². The second-order valence-corrected chi connectivity index (χ2v) is 6.34. The van der Waals surface area contributed by atoms with Crippen LogP contribution in [0, 0.1) is 5.82 Å². The molecule has 0 unspecified atom stereocenters. The molecule has 0 saturated heterocycles. The van der Waals surface area contributed by atoms with Crippen molar-refractivity contribution < 1.29 is 13.9 Å². The average molecular weight is 365 g/mol. The highest BCUT2D eigenvalue weighted by atomic mass is 19.1. The van der Waals surface area contributed by atoms with Crippen molar-refractivity contribution in [3.8, 4) is 11.5 Å². The molecule has 0 heterocycles. The topological polar surface area (TPSA) is 30.5 Å². The molecule has 4 heteroatoms. The maximum Gasteiger partial charge on any atom is 0.123 e. The number of halogens is 1. The number of rotatable bonds is 9. The summed E-state index contributed by atoms with van der Waals surface area (Å²) in [7, 11) is 1.67. The van der Waals surface area contributed by atoms with E-state index >= 15 is 0 Å². The molecule has 3 nitrogen and oxygen atoms in total. The van der Waals surface area contributed by atoms with Crippen LogP contribution in [0.5, 0.6) is 11.5 Å². The van der Waals surface area contributed by atoms with Gasteiger partial charge in [-0.05, 0) is 66.1 Å². The van der Waals surface area contributed by atoms with Crippen molar-refractivity contribution in [1.29, 1.82) is 0 Å². The van der Waals surface area contributed by atoms with E-state index in [9.17, 15) is 4.39 Å². The van der Waals surface area contributed by atoms with E-state index in [0.29, 0.717) is 6.61 Å². The van der Waals surface area contributed by atoms with E-state index in [2.05, 4.69) is 23.5 Å². The zero-order valence-electron chi connectivity index (χ0n) is 15.5. The van der Waals surface area contributed by atoms with Crippen molar-refractivity contribution in [2.75, 3.05) is 13.7 Å². The predicted molar refractivity (Wildman–Crippen MR) is 106 cm³/mol. The first-order chi connectivity index (χ1) is 13.2. The summed E-state index contributed by atoms with van der Waals surface area (Å²) in [5, 5.41) is 3.46. The van der Waals surface area contributed by atoms with E-state index in [1.54, 1.807) is 19.2 Å². The number of ether oxygens (including phenoxy) is 2. The first kappa shape index (κ1) is 18.9. The molecule has 0 aliphatic heterocycles. The first-order valence-electron chi connectivity index (χ1n) is 9.03. The van der Waals surface area contributed by atoms with E-state index in [-0.39, 0.29) is 5.82 Å². The quantitative estimate of drug-likeness (QED) is 0.555. The van der Waals surface area contributed by atoms with Crippen LogP contribution < -0.4 is 14.8 Å². The minimum absolute atomic E-state index is 0.235. The van der Waals surface area contributed by atoms with Crippen molar-refractivity contribution in [2.45, 2.75) is 19.6 Å². The van der Waals surface area contributed by atoms with Crippen LogP contribution in [0.1, 0.15) is 16.7 Å². The lowest BCUT2D eigenvalue weighted by molar-refractivity contribution is 0.305. The lowest BCUT2D eigenvalue weighted by Crippen LogP contribution is -2.16. The number of hydrogen-bond acceptors (Lipinski definition) is 3. The fraction of sp³-hybridized carbons (Fsp3) is 0.217. The van der Waals surface area contributed by atoms with E-state index < -0.39 is 0 Å². The largest absolute Gasteiger partial charge is 0.497 e. The zero-order valence-corrected chi connectivity index (χ0v) is 15.5. The molecule has 1 N–H and O–H groups in total. The van der Waals surface area contributed by atoms with Crippen LogP contribution in [0.15, 0.2) is 72.8 Å². The molecule has 0 aliphatic rings. The van der Waals surface area contributed by atoms with Gasteiger partial charge in [0.1, 0.15) is 23.9 Å². The summed E-state index contributed by atoms with van der Waals surface area (Å²) in [6.45, 7) is 2.10. The van der Waals surface area contributed by atoms with Gasteiger partial charge in [-0.15, -0.1) is 0 Å². The summed E-state index contributed by atoms with van der Waals surface area (Å²) >= 11 is 0. The monoisotopic (exact) mass is 365 g/mol. The first-order valence-corrected chi connectivity index (χ1v) is 9.03. The third-order valence-electron chi connectivity index (χ3n) is 4.30. The van der Waals surface area contributed by atoms with Crippen LogP contribution in [-0.2, 0) is 19.6 Å². The van der Waals surface area contributed by atoms with E-state index in [1.807, 2.05) is 30.3 Å². The molecule has 0 radical (unpaired) electrons. The van der Waals surface area contributed by atoms with Crippen LogP contribution in [0.3, 0.4) is 0 Å². The second-order valence-electron chi connectivity index (χ2n) is 6.34. The molecule has 0 saturated carbocycles. The van der Waals surface area contributed by atoms with Crippen LogP contribution in [0.2, 0.25) is 0 Å². The fourth-order valence-electron chi connectivity index (χ4n) is 2.75. The van der Waals surface area contributed by atoms with Gasteiger partial charge < -0.3 is 14.8 Å². The summed E-state index contributed by atoms with van der Waals surface area (Å²) in [6.07, 6.45) is 0.963. The minimum atomic E-state index is -0.235. The van der Waals surface area contributed by atoms with E-state index in [4.69, 9.17) is 9.47 Å². The number of benzene rings is 3. The average Bonchev–Trinajstić information content (AvgIpc) is 2.71. The van der Waals surface area contributed by atoms with Crippen molar-refractivity contribution in [1.82, 2.24) is 5.32 Å². The highest BCUT2D eigenvalue weighted by Crippen LogP contribution is 2.16. The summed E-state index contributed by atoms with van der Waals surface area (Å²) < 4.78 is 23.9. The van der Waals surface area contributed by atoms with E-state index in [1.165, 1.54) is 23.3 Å². The Hall–Kier alpha value is -2.85. The molecule has 0 bridgehead atoms. The van der Waals surface area contributed by atoms with Crippen LogP contribution in [-0.4, -0.2) is 13.7 Å². The normalized spacial score (nSPS) is 10.6. The van der Waals surface area contributed by atoms with Gasteiger partial charge in [0.25, 0.3) is 0 Å². The molecular weight excluding hydrogens is 341 g/mol. The Balaban J connectivity index is 1.43. The van der Waals surface area contributed by atoms with Gasteiger partial charge in [-0.1, -0.05) is 36.4 Å². The Morgan fingerprint density at radius 3 is 2.30 bits per heavy atom. The van der Waals surface area contributed by atoms with Gasteiger partial charge in [0.15, 0.2) is 0 Å². The zero-order chi connectivity index (χ0) is 18.9. The highest BCUT2D eigenvalue weighted by molar-refractivity contribution is 5.29. The third-order valence-corrected chi connectivity index (χ3v) is 4.30. The summed E-state index contributed by atoms with van der Waals surface area (Å²) in [5.74, 6) is 1.46. The lowest BCUT2D eigenvalue weighted by Gasteiger charge is -2.09. The Morgan fingerprint density at radius 1 is 0.815 bits per heavy atom. The molecule has 3 aromatic carbocycles. The molecule has 27 heavy (non-hydrogen) atoms. The molecule has 0 aliphatic carbocycles. The summed E-state index contributed by atoms with van der Waals surface area (Å²) in [4.78, 5) is 0. The van der Waals surface area contributed by atoms with Crippen molar-refractivity contribution >= 4 is 0 Å². The molecule has 3 aromatic rings. The fourth-order valence-corrected chi connectivity index (χ4v) is 2.75. The van der Waals surface area contributed by atoms with Gasteiger partial charge in [0, 0.05) is 6.54 Å². The smallest absolute Gasteiger partial charge is 0.123 e. The van der Waals surface area contributed by atoms with Gasteiger partial charge in [0.05, 0.1) is 7.11 Å². The number of nitrogens with one attached hydrogen (secondary N) is 1. The molecule has 3 rings (SSSR count). The highest BCUT2D eigenvalue weighted by Gasteiger charge is 2.00. The van der Waals surface area contributed by atoms with Crippen molar-refractivity contribution in [2.24, 2.45) is 0 Å². The van der Waals surface area contributed by atoms with Gasteiger partial charge in [-0.25, -0.2) is 4.39 Å². The Bertz CT molecular complexity index is 832. The van der Waals surface area contributed by atoms with Gasteiger partial charge >= 0.3 is 0 Å². The molecule has 0 fully saturated rings. The third kappa shape index (κ3) is 6.12. The Kier molecular flexibility index (Phi) is 6.83. The number of methoxy groups -OCH3 is 1. The van der Waals surface area contributed by atoms with E-state index in [0.717, 1.165) is 36.6 Å². The van der Waals surface area contributed by atoms with Crippen LogP contribution >= 0.6 is 0 Å². The van der Waals surface area contributed by atoms with Crippen molar-refractivity contribution in [3.63, 3.8) is 0 Å². The summed E-state index contributed by atoms with van der Waals surface area (Å²) in [5.41, 5.74) is 3.39. The lowest BCUT2D eigenvalue weighted by atomic mass is 10.1. The van der Waals surface area contributed by atoms with Crippen molar-refractivity contribution in [3.05, 3.63) is 95.3 Å². The van der Waals surface area contributed by atoms with Gasteiger partial charge in [-0.2, -0.15) is 0 Å². The van der Waals surface area contributed by atoms with Gasteiger partial charge in [0.2, 0.25) is 0 Å². The standard InChI is InChI=1S/C23H24FNO2/c1-26-22-11-7-18(8-12-22)13-14-25-16-20-3-2-4-23(15-20)27-17-19-5-9-21(24)10-6-19/h2-12,15,25H,13-14,16-17H2,1H3. The maximum absolute atomic E-state index is 12.9. The molecule has 140 valence electrons. The maximum atomic E-state index is 12.9. The van der Waals surface area contributed by atoms with Crippen LogP contribution in [0.4, 0.5) is 4.39 Å². The Labute approximate surface area is 159 Å². The summed E-state index contributed by atoms with van der Waals surface area (Å²) in [6, 6.07) is 22.5. The molecular formula is C23H24FNO2. The predicted octanol–water partition coefficient (Wildman–Crippen LogP) is 4.75. The molecule has 0 atom stereocenters. The number of hydrogen-bond donors (Lipinski definition) is 1.